The van der Waals surface area contributed by atoms with Crippen LogP contribution in [0.25, 0.3) is 0 Å². The quantitative estimate of drug-likeness (QED) is 0.446. The first-order valence-electron chi connectivity index (χ1n) is 3.05. The van der Waals surface area contributed by atoms with Gasteiger partial charge in [-0.1, -0.05) is 19.6 Å². The van der Waals surface area contributed by atoms with E-state index in [1.165, 1.54) is 0 Å². The molecule has 0 spiro atoms. The number of nitrogens with one attached hydrogen (secondary N) is 1. The van der Waals surface area contributed by atoms with Crippen molar-refractivity contribution in [1.82, 2.24) is 0 Å². The maximum absolute atomic E-state index is 9.48. The van der Waals surface area contributed by atoms with Gasteiger partial charge in [0.25, 0.3) is 0 Å². The summed E-state index contributed by atoms with van der Waals surface area (Å²) in [4.78, 5) is 0. The van der Waals surface area contributed by atoms with Crippen LogP contribution in [0.1, 0.15) is 6.92 Å². The highest BCUT2D eigenvalue weighted by Crippen LogP contribution is 2.16. The standard InChI is InChI=1S/C6H15NOSi/c1-6(8,5-7)9(2,3)4/h5,7-8H,1-4H3. The molecular formula is C6H15NOSi. The van der Waals surface area contributed by atoms with Gasteiger partial charge in [0.1, 0.15) is 0 Å². The molecule has 0 aliphatic heterocycles. The summed E-state index contributed by atoms with van der Waals surface area (Å²) in [5.41, 5.74) is 0. The van der Waals surface area contributed by atoms with E-state index in [-0.39, 0.29) is 0 Å². The van der Waals surface area contributed by atoms with Gasteiger partial charge in [0.15, 0.2) is 0 Å². The molecule has 0 aliphatic rings. The highest BCUT2D eigenvalue weighted by Gasteiger charge is 2.34. The Morgan fingerprint density at radius 3 is 1.78 bits per heavy atom. The fourth-order valence-corrected chi connectivity index (χ4v) is 0.650. The number of aliphatic hydroxyl groups is 1. The molecule has 0 aliphatic carbocycles. The van der Waals surface area contributed by atoms with E-state index in [9.17, 15) is 5.11 Å². The van der Waals surface area contributed by atoms with E-state index in [1.54, 1.807) is 6.92 Å². The van der Waals surface area contributed by atoms with Crippen molar-refractivity contribution in [2.75, 3.05) is 0 Å². The zero-order valence-corrected chi connectivity index (χ0v) is 7.52. The normalized spacial score (nSPS) is 18.8. The zero-order valence-electron chi connectivity index (χ0n) is 6.52. The lowest BCUT2D eigenvalue weighted by Crippen LogP contribution is -2.50. The molecule has 1 unspecified atom stereocenters. The fourth-order valence-electron chi connectivity index (χ4n) is 0.217. The lowest BCUT2D eigenvalue weighted by molar-refractivity contribution is 0.211. The van der Waals surface area contributed by atoms with Crippen LogP contribution in [0, 0.1) is 5.41 Å². The van der Waals surface area contributed by atoms with Crippen LogP contribution in [0.3, 0.4) is 0 Å². The molecule has 0 aromatic rings. The molecule has 0 aromatic carbocycles. The van der Waals surface area contributed by atoms with Crippen LogP contribution in [0.2, 0.25) is 19.6 Å². The molecule has 0 bridgehead atoms. The van der Waals surface area contributed by atoms with Crippen LogP contribution in [-0.4, -0.2) is 24.6 Å². The first-order valence-corrected chi connectivity index (χ1v) is 6.55. The molecule has 2 N–H and O–H groups in total. The molecule has 54 valence electrons. The van der Waals surface area contributed by atoms with Crippen LogP contribution in [0.4, 0.5) is 0 Å². The van der Waals surface area contributed by atoms with Gasteiger partial charge in [-0.2, -0.15) is 0 Å². The Labute approximate surface area is 57.4 Å². The van der Waals surface area contributed by atoms with E-state index in [0.29, 0.717) is 0 Å². The van der Waals surface area contributed by atoms with Gasteiger partial charge in [-0.15, -0.1) is 0 Å². The maximum atomic E-state index is 9.48. The van der Waals surface area contributed by atoms with Crippen molar-refractivity contribution >= 4 is 14.3 Å². The second-order valence-corrected chi connectivity index (χ2v) is 9.05. The Morgan fingerprint density at radius 2 is 1.78 bits per heavy atom. The van der Waals surface area contributed by atoms with Gasteiger partial charge in [0, 0.05) is 6.21 Å². The molecular weight excluding hydrogens is 130 g/mol. The summed E-state index contributed by atoms with van der Waals surface area (Å²) >= 11 is 0. The van der Waals surface area contributed by atoms with Crippen molar-refractivity contribution in [2.45, 2.75) is 31.8 Å². The van der Waals surface area contributed by atoms with Gasteiger partial charge in [0.05, 0.1) is 13.3 Å². The summed E-state index contributed by atoms with van der Waals surface area (Å²) in [6, 6.07) is 0. The number of hydrogen-bond acceptors (Lipinski definition) is 2. The van der Waals surface area contributed by atoms with Crippen molar-refractivity contribution in [3.8, 4) is 0 Å². The third-order valence-electron chi connectivity index (χ3n) is 1.80. The molecule has 0 amide bonds. The van der Waals surface area contributed by atoms with Crippen molar-refractivity contribution < 1.29 is 5.11 Å². The Balaban J connectivity index is 4.32. The van der Waals surface area contributed by atoms with Crippen molar-refractivity contribution in [1.29, 1.82) is 5.41 Å². The minimum Gasteiger partial charge on any atom is -0.388 e. The maximum Gasteiger partial charge on any atom is 0.0886 e. The first kappa shape index (κ1) is 8.85. The van der Waals surface area contributed by atoms with Crippen molar-refractivity contribution in [2.24, 2.45) is 0 Å². The van der Waals surface area contributed by atoms with Gasteiger partial charge in [-0.05, 0) is 6.92 Å². The molecule has 2 nitrogen and oxygen atoms in total. The molecule has 0 radical (unpaired) electrons. The van der Waals surface area contributed by atoms with E-state index in [2.05, 4.69) is 0 Å². The first-order chi connectivity index (χ1) is 3.81. The monoisotopic (exact) mass is 145 g/mol. The minimum absolute atomic E-state index is 0.840. The average molecular weight is 145 g/mol. The smallest absolute Gasteiger partial charge is 0.0886 e. The van der Waals surface area contributed by atoms with Gasteiger partial charge in [-0.3, -0.25) is 0 Å². The van der Waals surface area contributed by atoms with E-state index >= 15 is 0 Å². The van der Waals surface area contributed by atoms with E-state index in [0.717, 1.165) is 6.21 Å². The van der Waals surface area contributed by atoms with Gasteiger partial charge >= 0.3 is 0 Å². The summed E-state index contributed by atoms with van der Waals surface area (Å²) in [6.07, 6.45) is 1.14. The molecule has 0 saturated carbocycles. The highest BCUT2D eigenvalue weighted by atomic mass is 28.3. The summed E-state index contributed by atoms with van der Waals surface area (Å²) in [5.74, 6) is 0. The highest BCUT2D eigenvalue weighted by molar-refractivity contribution is 6.81. The third kappa shape index (κ3) is 1.91. The number of rotatable bonds is 2. The molecule has 0 fully saturated rings. The van der Waals surface area contributed by atoms with E-state index in [1.807, 2.05) is 19.6 Å². The van der Waals surface area contributed by atoms with Crippen LogP contribution >= 0.6 is 0 Å². The molecule has 0 aromatic heterocycles. The van der Waals surface area contributed by atoms with Gasteiger partial charge in [0.2, 0.25) is 0 Å². The van der Waals surface area contributed by atoms with E-state index < -0.39 is 13.3 Å². The minimum atomic E-state index is -1.57. The van der Waals surface area contributed by atoms with Crippen LogP contribution in [0.5, 0.6) is 0 Å². The molecule has 0 saturated heterocycles. The molecule has 0 heterocycles. The third-order valence-corrected chi connectivity index (χ3v) is 4.98. The molecule has 3 heteroatoms. The Kier molecular flexibility index (Phi) is 2.19. The second kappa shape index (κ2) is 2.23. The summed E-state index contributed by atoms with van der Waals surface area (Å²) in [5, 5.41) is 15.6. The second-order valence-electron chi connectivity index (χ2n) is 3.54. The SMILES string of the molecule is CC(O)(C=N)[Si](C)(C)C. The average Bonchev–Trinajstić information content (AvgIpc) is 1.64. The summed E-state index contributed by atoms with van der Waals surface area (Å²) < 4.78 is 0. The van der Waals surface area contributed by atoms with Crippen molar-refractivity contribution in [3.05, 3.63) is 0 Å². The van der Waals surface area contributed by atoms with Crippen LogP contribution in [-0.2, 0) is 0 Å². The topological polar surface area (TPSA) is 44.1 Å². The Bertz CT molecular complexity index is 115. The Morgan fingerprint density at radius 1 is 1.44 bits per heavy atom. The van der Waals surface area contributed by atoms with Crippen molar-refractivity contribution in [3.63, 3.8) is 0 Å². The van der Waals surface area contributed by atoms with Crippen LogP contribution < -0.4 is 0 Å². The van der Waals surface area contributed by atoms with Crippen LogP contribution in [0.15, 0.2) is 0 Å². The molecule has 1 atom stereocenters. The fraction of sp³-hybridized carbons (Fsp3) is 0.833. The lowest BCUT2D eigenvalue weighted by atomic mass is 10.4. The molecule has 0 rings (SSSR count). The summed E-state index contributed by atoms with van der Waals surface area (Å²) in [6.45, 7) is 7.82. The van der Waals surface area contributed by atoms with E-state index in [4.69, 9.17) is 5.41 Å². The van der Waals surface area contributed by atoms with Gasteiger partial charge < -0.3 is 10.5 Å². The predicted molar refractivity (Wildman–Crippen MR) is 42.8 cm³/mol. The summed E-state index contributed by atoms with van der Waals surface area (Å²) in [7, 11) is -1.57. The Hall–Kier alpha value is -0.153. The van der Waals surface area contributed by atoms with Gasteiger partial charge in [-0.25, -0.2) is 0 Å². The zero-order chi connectivity index (χ0) is 7.71. The number of hydrogen-bond donors (Lipinski definition) is 2. The lowest BCUT2D eigenvalue weighted by Gasteiger charge is -2.30. The molecule has 9 heavy (non-hydrogen) atoms. The largest absolute Gasteiger partial charge is 0.388 e. The predicted octanol–water partition coefficient (Wildman–Crippen LogP) is 1.26.